The summed E-state index contributed by atoms with van der Waals surface area (Å²) in [6, 6.07) is 3.90. The molecule has 18 heavy (non-hydrogen) atoms. The van der Waals surface area contributed by atoms with E-state index in [1.54, 1.807) is 0 Å². The average Bonchev–Trinajstić information content (AvgIpc) is 2.62. The van der Waals surface area contributed by atoms with Crippen LogP contribution in [0, 0.1) is 11.7 Å². The lowest BCUT2D eigenvalue weighted by Crippen LogP contribution is -2.22. The normalized spacial score (nSPS) is 17.2. The molecule has 0 heterocycles. The van der Waals surface area contributed by atoms with Crippen molar-refractivity contribution >= 4 is 11.6 Å². The lowest BCUT2D eigenvalue weighted by atomic mass is 9.99. The van der Waals surface area contributed by atoms with Crippen LogP contribution in [0.1, 0.15) is 38.5 Å². The maximum absolute atomic E-state index is 13.1. The van der Waals surface area contributed by atoms with Gasteiger partial charge in [-0.2, -0.15) is 0 Å². The van der Waals surface area contributed by atoms with Gasteiger partial charge in [-0.3, -0.25) is 4.79 Å². The maximum atomic E-state index is 13.1. The molecule has 1 aliphatic rings. The molecule has 3 nitrogen and oxygen atoms in total. The van der Waals surface area contributed by atoms with E-state index in [1.165, 1.54) is 25.0 Å². The number of carbonyl (C=O) groups excluding carboxylic acids is 1. The summed E-state index contributed by atoms with van der Waals surface area (Å²) in [5.74, 6) is -1.12. The second-order valence-corrected chi connectivity index (χ2v) is 4.84. The fourth-order valence-corrected chi connectivity index (χ4v) is 2.37. The van der Waals surface area contributed by atoms with Crippen molar-refractivity contribution in [2.24, 2.45) is 5.92 Å². The Labute approximate surface area is 106 Å². The highest BCUT2D eigenvalue weighted by molar-refractivity contribution is 5.92. The summed E-state index contributed by atoms with van der Waals surface area (Å²) in [7, 11) is 0. The molecule has 0 bridgehead atoms. The number of anilines is 1. The van der Waals surface area contributed by atoms with E-state index < -0.39 is 11.6 Å². The second kappa shape index (κ2) is 5.85. The molecule has 0 unspecified atom stereocenters. The molecular weight excluding hydrogens is 233 g/mol. The fraction of sp³-hybridized carbons (Fsp3) is 0.500. The van der Waals surface area contributed by atoms with Crippen molar-refractivity contribution in [1.29, 1.82) is 0 Å². The van der Waals surface area contributed by atoms with E-state index in [9.17, 15) is 9.18 Å². The van der Waals surface area contributed by atoms with E-state index in [2.05, 4.69) is 5.32 Å². The number of amides is 1. The fourth-order valence-electron chi connectivity index (χ4n) is 2.37. The Kier molecular flexibility index (Phi) is 4.18. The van der Waals surface area contributed by atoms with Gasteiger partial charge in [0.2, 0.25) is 5.91 Å². The topological polar surface area (TPSA) is 49.3 Å². The first-order chi connectivity index (χ1) is 8.66. The Morgan fingerprint density at radius 1 is 1.22 bits per heavy atom. The standard InChI is InChI=1S/C14H18FNO2/c15-12-9-11(7-8-13(12)17)16-14(18)10-5-3-1-2-4-6-10/h7-10,17H,1-6H2,(H,16,18). The van der Waals surface area contributed by atoms with Crippen molar-refractivity contribution < 1.29 is 14.3 Å². The molecule has 1 fully saturated rings. The van der Waals surface area contributed by atoms with E-state index >= 15 is 0 Å². The Morgan fingerprint density at radius 2 is 1.89 bits per heavy atom. The number of phenols is 1. The van der Waals surface area contributed by atoms with Gasteiger partial charge in [0.05, 0.1) is 0 Å². The molecule has 0 atom stereocenters. The highest BCUT2D eigenvalue weighted by Gasteiger charge is 2.20. The minimum atomic E-state index is -0.714. The third-order valence-electron chi connectivity index (χ3n) is 3.44. The number of benzene rings is 1. The van der Waals surface area contributed by atoms with E-state index in [1.807, 2.05) is 0 Å². The first-order valence-electron chi connectivity index (χ1n) is 6.46. The summed E-state index contributed by atoms with van der Waals surface area (Å²) >= 11 is 0. The SMILES string of the molecule is O=C(Nc1ccc(O)c(F)c1)C1CCCCCC1. The van der Waals surface area contributed by atoms with Crippen LogP contribution >= 0.6 is 0 Å². The third-order valence-corrected chi connectivity index (χ3v) is 3.44. The zero-order chi connectivity index (χ0) is 13.0. The molecule has 0 radical (unpaired) electrons. The van der Waals surface area contributed by atoms with Gasteiger partial charge in [0.1, 0.15) is 0 Å². The molecule has 0 aliphatic heterocycles. The summed E-state index contributed by atoms with van der Waals surface area (Å²) in [6.07, 6.45) is 6.37. The lowest BCUT2D eigenvalue weighted by Gasteiger charge is -2.14. The summed E-state index contributed by atoms with van der Waals surface area (Å²) in [5.41, 5.74) is 0.402. The average molecular weight is 251 g/mol. The first kappa shape index (κ1) is 12.9. The molecule has 1 aromatic rings. The number of carbonyl (C=O) groups is 1. The van der Waals surface area contributed by atoms with Gasteiger partial charge in [-0.15, -0.1) is 0 Å². The minimum Gasteiger partial charge on any atom is -0.505 e. The van der Waals surface area contributed by atoms with Crippen LogP contribution in [0.4, 0.5) is 10.1 Å². The summed E-state index contributed by atoms with van der Waals surface area (Å²) in [6.45, 7) is 0. The van der Waals surface area contributed by atoms with Gasteiger partial charge >= 0.3 is 0 Å². The molecule has 2 N–H and O–H groups in total. The van der Waals surface area contributed by atoms with Gasteiger partial charge in [-0.1, -0.05) is 25.7 Å². The highest BCUT2D eigenvalue weighted by Crippen LogP contribution is 2.25. The van der Waals surface area contributed by atoms with Crippen LogP contribution in [0.3, 0.4) is 0 Å². The molecule has 0 saturated heterocycles. The third kappa shape index (κ3) is 3.22. The molecule has 0 aromatic heterocycles. The van der Waals surface area contributed by atoms with Crippen LogP contribution in [0.2, 0.25) is 0 Å². The van der Waals surface area contributed by atoms with Crippen molar-refractivity contribution in [3.05, 3.63) is 24.0 Å². The largest absolute Gasteiger partial charge is 0.505 e. The maximum Gasteiger partial charge on any atom is 0.227 e. The van der Waals surface area contributed by atoms with Gasteiger partial charge < -0.3 is 10.4 Å². The van der Waals surface area contributed by atoms with Crippen molar-refractivity contribution in [3.8, 4) is 5.75 Å². The Bertz CT molecular complexity index is 426. The lowest BCUT2D eigenvalue weighted by molar-refractivity contribution is -0.120. The molecule has 4 heteroatoms. The predicted octanol–water partition coefficient (Wildman–Crippen LogP) is 3.44. The second-order valence-electron chi connectivity index (χ2n) is 4.84. The van der Waals surface area contributed by atoms with Crippen molar-refractivity contribution in [1.82, 2.24) is 0 Å². The molecule has 1 saturated carbocycles. The molecule has 2 rings (SSSR count). The van der Waals surface area contributed by atoms with Crippen LogP contribution in [-0.4, -0.2) is 11.0 Å². The molecule has 0 spiro atoms. The monoisotopic (exact) mass is 251 g/mol. The van der Waals surface area contributed by atoms with Gasteiger partial charge in [0.15, 0.2) is 11.6 Å². The zero-order valence-corrected chi connectivity index (χ0v) is 10.3. The Hall–Kier alpha value is -1.58. The predicted molar refractivity (Wildman–Crippen MR) is 67.9 cm³/mol. The van der Waals surface area contributed by atoms with Crippen LogP contribution in [0.15, 0.2) is 18.2 Å². The van der Waals surface area contributed by atoms with Gasteiger partial charge in [-0.05, 0) is 25.0 Å². The van der Waals surface area contributed by atoms with Crippen LogP contribution in [-0.2, 0) is 4.79 Å². The highest BCUT2D eigenvalue weighted by atomic mass is 19.1. The smallest absolute Gasteiger partial charge is 0.227 e. The molecular formula is C14H18FNO2. The quantitative estimate of drug-likeness (QED) is 0.625. The van der Waals surface area contributed by atoms with Crippen LogP contribution in [0.25, 0.3) is 0 Å². The van der Waals surface area contributed by atoms with E-state index in [-0.39, 0.29) is 11.8 Å². The van der Waals surface area contributed by atoms with Crippen molar-refractivity contribution in [3.63, 3.8) is 0 Å². The van der Waals surface area contributed by atoms with Gasteiger partial charge in [0.25, 0.3) is 0 Å². The van der Waals surface area contributed by atoms with Crippen LogP contribution in [0.5, 0.6) is 5.75 Å². The van der Waals surface area contributed by atoms with E-state index in [0.717, 1.165) is 31.7 Å². The Balaban J connectivity index is 1.99. The molecule has 1 aliphatic carbocycles. The zero-order valence-electron chi connectivity index (χ0n) is 10.3. The van der Waals surface area contributed by atoms with Crippen molar-refractivity contribution in [2.45, 2.75) is 38.5 Å². The number of hydrogen-bond acceptors (Lipinski definition) is 2. The molecule has 1 amide bonds. The summed E-state index contributed by atoms with van der Waals surface area (Å²) in [5, 5.41) is 11.8. The Morgan fingerprint density at radius 3 is 2.50 bits per heavy atom. The number of phenolic OH excluding ortho intramolecular Hbond substituents is 1. The number of hydrogen-bond donors (Lipinski definition) is 2. The number of rotatable bonds is 2. The van der Waals surface area contributed by atoms with E-state index in [4.69, 9.17) is 5.11 Å². The van der Waals surface area contributed by atoms with Crippen LogP contribution < -0.4 is 5.32 Å². The number of aromatic hydroxyl groups is 1. The summed E-state index contributed by atoms with van der Waals surface area (Å²) < 4.78 is 13.1. The summed E-state index contributed by atoms with van der Waals surface area (Å²) in [4.78, 5) is 12.0. The van der Waals surface area contributed by atoms with Gasteiger partial charge in [0, 0.05) is 17.7 Å². The minimum absolute atomic E-state index is 0.0318. The first-order valence-corrected chi connectivity index (χ1v) is 6.46. The molecule has 98 valence electrons. The van der Waals surface area contributed by atoms with Crippen molar-refractivity contribution in [2.75, 3.05) is 5.32 Å². The van der Waals surface area contributed by atoms with Gasteiger partial charge in [-0.25, -0.2) is 4.39 Å². The number of halogens is 1. The molecule has 1 aromatic carbocycles. The van der Waals surface area contributed by atoms with E-state index in [0.29, 0.717) is 5.69 Å². The number of nitrogens with one attached hydrogen (secondary N) is 1.